The van der Waals surface area contributed by atoms with E-state index in [1.165, 1.54) is 12.1 Å². The zero-order chi connectivity index (χ0) is 25.8. The first-order valence-corrected chi connectivity index (χ1v) is 12.0. The molecular formula is C27H19N5O4S. The van der Waals surface area contributed by atoms with Gasteiger partial charge in [-0.3, -0.25) is 25.0 Å². The van der Waals surface area contributed by atoms with Gasteiger partial charge in [-0.2, -0.15) is 0 Å². The van der Waals surface area contributed by atoms with E-state index in [1.807, 2.05) is 42.5 Å². The molecule has 4 aromatic carbocycles. The van der Waals surface area contributed by atoms with Gasteiger partial charge in [0.2, 0.25) is 11.0 Å². The van der Waals surface area contributed by atoms with Gasteiger partial charge in [-0.25, -0.2) is 0 Å². The monoisotopic (exact) mass is 509 g/mol. The van der Waals surface area contributed by atoms with Crippen molar-refractivity contribution in [1.29, 1.82) is 0 Å². The minimum Gasteiger partial charge on any atom is -0.326 e. The highest BCUT2D eigenvalue weighted by atomic mass is 32.1. The van der Waals surface area contributed by atoms with Crippen LogP contribution in [-0.2, 0) is 11.2 Å². The molecule has 0 radical (unpaired) electrons. The van der Waals surface area contributed by atoms with Gasteiger partial charge in [-0.1, -0.05) is 59.9 Å². The first kappa shape index (κ1) is 23.8. The topological polar surface area (TPSA) is 127 Å². The molecule has 0 fully saturated rings. The number of rotatable bonds is 7. The van der Waals surface area contributed by atoms with Gasteiger partial charge in [0.1, 0.15) is 5.01 Å². The van der Waals surface area contributed by atoms with Crippen molar-refractivity contribution in [3.05, 3.63) is 112 Å². The summed E-state index contributed by atoms with van der Waals surface area (Å²) in [4.78, 5) is 35.9. The standard InChI is InChI=1S/C27H19N5O4S/c33-24(16-19-7-3-6-17-5-1-2-10-23(17)19)28-21-9-4-8-20(15-21)25(34)29-27-31-30-26(37-27)18-11-13-22(14-12-18)32(35)36/h1-15H,16H2,(H,28,33)(H,29,31,34). The fraction of sp³-hybridized carbons (Fsp3) is 0.0370. The van der Waals surface area contributed by atoms with Crippen molar-refractivity contribution < 1.29 is 14.5 Å². The van der Waals surface area contributed by atoms with E-state index in [1.54, 1.807) is 36.4 Å². The van der Waals surface area contributed by atoms with E-state index in [2.05, 4.69) is 20.8 Å². The molecule has 1 aromatic heterocycles. The van der Waals surface area contributed by atoms with E-state index in [4.69, 9.17) is 0 Å². The molecule has 0 spiro atoms. The molecule has 5 rings (SSSR count). The highest BCUT2D eigenvalue weighted by molar-refractivity contribution is 7.18. The number of hydrogen-bond acceptors (Lipinski definition) is 7. The lowest BCUT2D eigenvalue weighted by molar-refractivity contribution is -0.384. The van der Waals surface area contributed by atoms with Crippen molar-refractivity contribution in [3.8, 4) is 10.6 Å². The van der Waals surface area contributed by atoms with Crippen molar-refractivity contribution in [2.24, 2.45) is 0 Å². The summed E-state index contributed by atoms with van der Waals surface area (Å²) in [6, 6.07) is 26.3. The van der Waals surface area contributed by atoms with E-state index in [9.17, 15) is 19.7 Å². The van der Waals surface area contributed by atoms with E-state index in [0.717, 1.165) is 27.7 Å². The number of nitro groups is 1. The van der Waals surface area contributed by atoms with Gasteiger partial charge in [-0.05, 0) is 46.7 Å². The maximum absolute atomic E-state index is 12.8. The third-order valence-electron chi connectivity index (χ3n) is 5.61. The average Bonchev–Trinajstić information content (AvgIpc) is 3.37. The second-order valence-electron chi connectivity index (χ2n) is 8.11. The van der Waals surface area contributed by atoms with Crippen LogP contribution in [0.4, 0.5) is 16.5 Å². The molecule has 9 nitrogen and oxygen atoms in total. The minimum absolute atomic E-state index is 0.0223. The van der Waals surface area contributed by atoms with Crippen LogP contribution >= 0.6 is 11.3 Å². The fourth-order valence-electron chi connectivity index (χ4n) is 3.85. The molecule has 0 aliphatic rings. The van der Waals surface area contributed by atoms with Crippen molar-refractivity contribution in [3.63, 3.8) is 0 Å². The fourth-order valence-corrected chi connectivity index (χ4v) is 4.59. The summed E-state index contributed by atoms with van der Waals surface area (Å²) in [6.07, 6.45) is 0.202. The summed E-state index contributed by atoms with van der Waals surface area (Å²) in [6.45, 7) is 0. The van der Waals surface area contributed by atoms with E-state index in [-0.39, 0.29) is 23.1 Å². The number of anilines is 2. The number of nitro benzene ring substituents is 1. The smallest absolute Gasteiger partial charge is 0.269 e. The minimum atomic E-state index is -0.476. The Morgan fingerprint density at radius 1 is 0.865 bits per heavy atom. The Labute approximate surface area is 215 Å². The molecule has 1 heterocycles. The number of carbonyl (C=O) groups is 2. The maximum atomic E-state index is 12.8. The molecule has 0 aliphatic heterocycles. The van der Waals surface area contributed by atoms with Gasteiger partial charge in [0.05, 0.1) is 11.3 Å². The first-order chi connectivity index (χ1) is 18.0. The maximum Gasteiger partial charge on any atom is 0.269 e. The van der Waals surface area contributed by atoms with E-state index < -0.39 is 10.8 Å². The largest absolute Gasteiger partial charge is 0.326 e. The number of nitrogens with one attached hydrogen (secondary N) is 2. The van der Waals surface area contributed by atoms with Crippen LogP contribution in [0.2, 0.25) is 0 Å². The second kappa shape index (κ2) is 10.3. The summed E-state index contributed by atoms with van der Waals surface area (Å²) >= 11 is 1.15. The van der Waals surface area contributed by atoms with Crippen LogP contribution < -0.4 is 10.6 Å². The van der Waals surface area contributed by atoms with Crippen LogP contribution in [0.1, 0.15) is 15.9 Å². The van der Waals surface area contributed by atoms with E-state index >= 15 is 0 Å². The first-order valence-electron chi connectivity index (χ1n) is 11.2. The molecular weight excluding hydrogens is 490 g/mol. The number of nitrogens with zero attached hydrogens (tertiary/aromatic N) is 3. The Bertz CT molecular complexity index is 1630. The number of fused-ring (bicyclic) bond motifs is 1. The summed E-state index contributed by atoms with van der Waals surface area (Å²) < 4.78 is 0. The van der Waals surface area contributed by atoms with Crippen molar-refractivity contribution in [2.45, 2.75) is 6.42 Å². The number of non-ortho nitro benzene ring substituents is 1. The highest BCUT2D eigenvalue weighted by Crippen LogP contribution is 2.28. The summed E-state index contributed by atoms with van der Waals surface area (Å²) in [5.74, 6) is -0.595. The SMILES string of the molecule is O=C(Cc1cccc2ccccc12)Nc1cccc(C(=O)Nc2nnc(-c3ccc([N+](=O)[O-])cc3)s2)c1. The van der Waals surface area contributed by atoms with Crippen LogP contribution in [-0.4, -0.2) is 26.9 Å². The quantitative estimate of drug-likeness (QED) is 0.214. The van der Waals surface area contributed by atoms with Gasteiger partial charge in [-0.15, -0.1) is 10.2 Å². The molecule has 0 aliphatic carbocycles. The van der Waals surface area contributed by atoms with Gasteiger partial charge in [0.15, 0.2) is 0 Å². The highest BCUT2D eigenvalue weighted by Gasteiger charge is 2.14. The molecule has 0 atom stereocenters. The normalized spacial score (nSPS) is 10.7. The molecule has 182 valence electrons. The Balaban J connectivity index is 1.24. The van der Waals surface area contributed by atoms with E-state index in [0.29, 0.717) is 21.8 Å². The van der Waals surface area contributed by atoms with Gasteiger partial charge in [0, 0.05) is 28.9 Å². The Morgan fingerprint density at radius 3 is 2.43 bits per heavy atom. The molecule has 0 saturated carbocycles. The predicted molar refractivity (Wildman–Crippen MR) is 143 cm³/mol. The van der Waals surface area contributed by atoms with Gasteiger partial charge >= 0.3 is 0 Å². The van der Waals surface area contributed by atoms with Crippen LogP contribution in [0, 0.1) is 10.1 Å². The molecule has 5 aromatic rings. The zero-order valence-electron chi connectivity index (χ0n) is 19.3. The van der Waals surface area contributed by atoms with Gasteiger partial charge < -0.3 is 5.32 Å². The van der Waals surface area contributed by atoms with Crippen LogP contribution in [0.15, 0.2) is 91.0 Å². The summed E-state index contributed by atoms with van der Waals surface area (Å²) in [7, 11) is 0. The third kappa shape index (κ3) is 5.49. The van der Waals surface area contributed by atoms with Crippen LogP contribution in [0.5, 0.6) is 0 Å². The lowest BCUT2D eigenvalue weighted by Gasteiger charge is -2.09. The average molecular weight is 510 g/mol. The van der Waals surface area contributed by atoms with Gasteiger partial charge in [0.25, 0.3) is 11.6 Å². The molecule has 0 saturated heterocycles. The Hall–Kier alpha value is -4.96. The second-order valence-corrected chi connectivity index (χ2v) is 9.09. The number of amides is 2. The van der Waals surface area contributed by atoms with Crippen LogP contribution in [0.25, 0.3) is 21.3 Å². The predicted octanol–water partition coefficient (Wildman–Crippen LogP) is 5.70. The summed E-state index contributed by atoms with van der Waals surface area (Å²) in [5.41, 5.74) is 2.40. The number of aromatic nitrogens is 2. The summed E-state index contributed by atoms with van der Waals surface area (Å²) in [5, 5.41) is 27.3. The number of carbonyl (C=O) groups excluding carboxylic acids is 2. The lowest BCUT2D eigenvalue weighted by Crippen LogP contribution is -2.16. The van der Waals surface area contributed by atoms with Crippen molar-refractivity contribution >= 4 is 50.4 Å². The number of benzene rings is 4. The Morgan fingerprint density at radius 2 is 1.62 bits per heavy atom. The molecule has 0 bridgehead atoms. The Kier molecular flexibility index (Phi) is 6.64. The zero-order valence-corrected chi connectivity index (χ0v) is 20.1. The van der Waals surface area contributed by atoms with Crippen LogP contribution in [0.3, 0.4) is 0 Å². The molecule has 2 N–H and O–H groups in total. The lowest BCUT2D eigenvalue weighted by atomic mass is 10.0. The molecule has 2 amide bonds. The molecule has 0 unspecified atom stereocenters. The van der Waals surface area contributed by atoms with Crippen molar-refractivity contribution in [1.82, 2.24) is 10.2 Å². The number of hydrogen-bond donors (Lipinski definition) is 2. The third-order valence-corrected chi connectivity index (χ3v) is 6.50. The molecule has 10 heteroatoms. The van der Waals surface area contributed by atoms with Crippen molar-refractivity contribution in [2.75, 3.05) is 10.6 Å². The molecule has 37 heavy (non-hydrogen) atoms.